The molecular formula is C29H24Cl2N4O4. The number of rotatable bonds is 7. The predicted octanol–water partition coefficient (Wildman–Crippen LogP) is 5.84. The molecule has 0 atom stereocenters. The number of carbonyl (C=O) groups excluding carboxylic acids is 3. The summed E-state index contributed by atoms with van der Waals surface area (Å²) in [5, 5.41) is 7.31. The maximum Gasteiger partial charge on any atom is 0.329 e. The number of nitrogens with zero attached hydrogens (tertiary/aromatic N) is 2. The molecule has 0 spiro atoms. The molecule has 10 heteroatoms. The fourth-order valence-electron chi connectivity index (χ4n) is 4.60. The molecule has 39 heavy (non-hydrogen) atoms. The molecule has 1 aromatic heterocycles. The van der Waals surface area contributed by atoms with E-state index in [9.17, 15) is 14.4 Å². The SMILES string of the molecule is COc1ccccc1NC(=O)CN1C(=O)N/C(=C/c2c(C)n(Cc3ccc(Cl)cc3Cl)c3ccccc23)C1=O. The van der Waals surface area contributed by atoms with E-state index < -0.39 is 24.4 Å². The summed E-state index contributed by atoms with van der Waals surface area (Å²) in [6.07, 6.45) is 1.65. The molecule has 5 rings (SSSR count). The van der Waals surface area contributed by atoms with Crippen molar-refractivity contribution >= 4 is 63.7 Å². The normalized spacial score (nSPS) is 14.3. The van der Waals surface area contributed by atoms with Crippen molar-refractivity contribution in [1.29, 1.82) is 0 Å². The summed E-state index contributed by atoms with van der Waals surface area (Å²) < 4.78 is 7.33. The van der Waals surface area contributed by atoms with Gasteiger partial charge in [0.2, 0.25) is 5.91 Å². The van der Waals surface area contributed by atoms with Gasteiger partial charge in [0.05, 0.1) is 12.8 Å². The number of nitrogens with one attached hydrogen (secondary N) is 2. The first kappa shape index (κ1) is 26.3. The first-order valence-corrected chi connectivity index (χ1v) is 12.8. The molecule has 1 fully saturated rings. The van der Waals surface area contributed by atoms with E-state index in [0.717, 1.165) is 32.6 Å². The molecule has 3 aromatic carbocycles. The minimum atomic E-state index is -0.671. The van der Waals surface area contributed by atoms with E-state index in [4.69, 9.17) is 27.9 Å². The number of amides is 4. The maximum absolute atomic E-state index is 13.2. The van der Waals surface area contributed by atoms with Crippen molar-refractivity contribution < 1.29 is 19.1 Å². The van der Waals surface area contributed by atoms with Gasteiger partial charge < -0.3 is 19.9 Å². The molecular weight excluding hydrogens is 539 g/mol. The van der Waals surface area contributed by atoms with Gasteiger partial charge in [-0.15, -0.1) is 0 Å². The lowest BCUT2D eigenvalue weighted by molar-refractivity contribution is -0.127. The molecule has 1 aliphatic heterocycles. The first-order valence-electron chi connectivity index (χ1n) is 12.1. The van der Waals surface area contributed by atoms with Crippen LogP contribution in [0.15, 0.2) is 72.4 Å². The quantitative estimate of drug-likeness (QED) is 0.218. The number of aromatic nitrogens is 1. The van der Waals surface area contributed by atoms with Crippen molar-refractivity contribution in [1.82, 2.24) is 14.8 Å². The Morgan fingerprint density at radius 1 is 1.05 bits per heavy atom. The van der Waals surface area contributed by atoms with Gasteiger partial charge in [-0.3, -0.25) is 9.59 Å². The van der Waals surface area contributed by atoms with Crippen LogP contribution in [0.5, 0.6) is 5.75 Å². The Morgan fingerprint density at radius 3 is 2.56 bits per heavy atom. The molecule has 2 heterocycles. The van der Waals surface area contributed by atoms with Crippen molar-refractivity contribution in [2.45, 2.75) is 13.5 Å². The van der Waals surface area contributed by atoms with Crippen LogP contribution >= 0.6 is 23.2 Å². The Labute approximate surface area is 234 Å². The summed E-state index contributed by atoms with van der Waals surface area (Å²) in [4.78, 5) is 39.4. The second-order valence-corrected chi connectivity index (χ2v) is 9.81. The van der Waals surface area contributed by atoms with Crippen LogP contribution in [0.25, 0.3) is 17.0 Å². The fourth-order valence-corrected chi connectivity index (χ4v) is 5.07. The molecule has 0 aliphatic carbocycles. The van der Waals surface area contributed by atoms with Gasteiger partial charge in [-0.25, -0.2) is 9.69 Å². The molecule has 0 unspecified atom stereocenters. The third-order valence-electron chi connectivity index (χ3n) is 6.56. The number of hydrogen-bond acceptors (Lipinski definition) is 4. The molecule has 1 saturated heterocycles. The predicted molar refractivity (Wildman–Crippen MR) is 152 cm³/mol. The Hall–Kier alpha value is -4.27. The zero-order valence-corrected chi connectivity index (χ0v) is 22.6. The third kappa shape index (κ3) is 5.21. The van der Waals surface area contributed by atoms with E-state index in [0.29, 0.717) is 28.0 Å². The van der Waals surface area contributed by atoms with E-state index >= 15 is 0 Å². The van der Waals surface area contributed by atoms with Crippen molar-refractivity contribution in [2.75, 3.05) is 19.0 Å². The number of carbonyl (C=O) groups is 3. The number of urea groups is 1. The van der Waals surface area contributed by atoms with Crippen LogP contribution in [-0.4, -0.2) is 41.0 Å². The maximum atomic E-state index is 13.2. The summed E-state index contributed by atoms with van der Waals surface area (Å²) >= 11 is 12.5. The minimum absolute atomic E-state index is 0.0839. The number of halogens is 2. The van der Waals surface area contributed by atoms with Gasteiger partial charge >= 0.3 is 6.03 Å². The number of ether oxygens (including phenoxy) is 1. The fraction of sp³-hybridized carbons (Fsp3) is 0.138. The Balaban J connectivity index is 1.42. The Kier molecular flexibility index (Phi) is 7.32. The number of hydrogen-bond donors (Lipinski definition) is 2. The van der Waals surface area contributed by atoms with Gasteiger partial charge in [0.1, 0.15) is 18.0 Å². The van der Waals surface area contributed by atoms with Crippen LogP contribution < -0.4 is 15.4 Å². The largest absolute Gasteiger partial charge is 0.495 e. The molecule has 0 saturated carbocycles. The van der Waals surface area contributed by atoms with Crippen molar-refractivity contribution in [3.05, 3.63) is 99.3 Å². The van der Waals surface area contributed by atoms with Gasteiger partial charge in [0, 0.05) is 38.8 Å². The Morgan fingerprint density at radius 2 is 1.79 bits per heavy atom. The average Bonchev–Trinajstić information content (AvgIpc) is 3.33. The molecule has 4 amide bonds. The monoisotopic (exact) mass is 562 g/mol. The van der Waals surface area contributed by atoms with Crippen LogP contribution in [-0.2, 0) is 16.1 Å². The topological polar surface area (TPSA) is 92.7 Å². The number of methoxy groups -OCH3 is 1. The summed E-state index contributed by atoms with van der Waals surface area (Å²) in [6, 6.07) is 19.4. The van der Waals surface area contributed by atoms with Gasteiger partial charge in [-0.05, 0) is 48.9 Å². The highest BCUT2D eigenvalue weighted by molar-refractivity contribution is 6.35. The lowest BCUT2D eigenvalue weighted by Gasteiger charge is -2.13. The lowest BCUT2D eigenvalue weighted by atomic mass is 10.1. The average molecular weight is 563 g/mol. The standard InChI is InChI=1S/C29H24Cl2N4O4/c1-17-21(20-7-3-5-9-25(20)34(17)15-18-11-12-19(30)13-22(18)31)14-24-28(37)35(29(38)33-24)16-27(36)32-23-8-4-6-10-26(23)39-2/h3-14H,15-16H2,1-2H3,(H,32,36)(H,33,38)/b24-14+. The molecule has 1 aliphatic rings. The molecule has 0 bridgehead atoms. The van der Waals surface area contributed by atoms with E-state index in [-0.39, 0.29) is 5.70 Å². The van der Waals surface area contributed by atoms with Crippen molar-refractivity contribution in [3.8, 4) is 5.75 Å². The highest BCUT2D eigenvalue weighted by Crippen LogP contribution is 2.31. The number of benzene rings is 3. The van der Waals surface area contributed by atoms with Crippen LogP contribution in [0.1, 0.15) is 16.8 Å². The van der Waals surface area contributed by atoms with Gasteiger partial charge in [0.15, 0.2) is 0 Å². The second-order valence-electron chi connectivity index (χ2n) is 8.97. The third-order valence-corrected chi connectivity index (χ3v) is 7.14. The number of imide groups is 1. The highest BCUT2D eigenvalue weighted by Gasteiger charge is 2.35. The van der Waals surface area contributed by atoms with Gasteiger partial charge in [-0.2, -0.15) is 0 Å². The van der Waals surface area contributed by atoms with E-state index in [1.54, 1.807) is 42.5 Å². The van der Waals surface area contributed by atoms with Crippen LogP contribution in [0, 0.1) is 6.92 Å². The van der Waals surface area contributed by atoms with Crippen molar-refractivity contribution in [3.63, 3.8) is 0 Å². The van der Waals surface area contributed by atoms with Gasteiger partial charge in [0.25, 0.3) is 5.91 Å². The first-order chi connectivity index (χ1) is 18.8. The molecule has 198 valence electrons. The Bertz CT molecular complexity index is 1660. The highest BCUT2D eigenvalue weighted by atomic mass is 35.5. The smallest absolute Gasteiger partial charge is 0.329 e. The van der Waals surface area contributed by atoms with Crippen LogP contribution in [0.2, 0.25) is 10.0 Å². The number of fused-ring (bicyclic) bond motifs is 1. The summed E-state index contributed by atoms with van der Waals surface area (Å²) in [5.41, 5.74) is 4.01. The zero-order chi connectivity index (χ0) is 27.7. The van der Waals surface area contributed by atoms with Gasteiger partial charge in [-0.1, -0.05) is 59.6 Å². The summed E-state index contributed by atoms with van der Waals surface area (Å²) in [7, 11) is 1.49. The van der Waals surface area contributed by atoms with Crippen LogP contribution in [0.3, 0.4) is 0 Å². The number of anilines is 1. The molecule has 2 N–H and O–H groups in total. The number of para-hydroxylation sites is 3. The molecule has 0 radical (unpaired) electrons. The van der Waals surface area contributed by atoms with Crippen molar-refractivity contribution in [2.24, 2.45) is 0 Å². The van der Waals surface area contributed by atoms with E-state index in [1.165, 1.54) is 7.11 Å². The zero-order valence-electron chi connectivity index (χ0n) is 21.1. The summed E-state index contributed by atoms with van der Waals surface area (Å²) in [6.45, 7) is 1.98. The molecule has 8 nitrogen and oxygen atoms in total. The van der Waals surface area contributed by atoms with Crippen LogP contribution in [0.4, 0.5) is 10.5 Å². The van der Waals surface area contributed by atoms with E-state index in [2.05, 4.69) is 15.2 Å². The minimum Gasteiger partial charge on any atom is -0.495 e. The lowest BCUT2D eigenvalue weighted by Crippen LogP contribution is -2.38. The summed E-state index contributed by atoms with van der Waals surface area (Å²) in [5.74, 6) is -0.653. The van der Waals surface area contributed by atoms with E-state index in [1.807, 2.05) is 37.3 Å². The molecule has 4 aromatic rings. The second kappa shape index (κ2) is 10.8.